The molecule has 0 radical (unpaired) electrons. The molecule has 2 aromatic rings. The first-order valence-corrected chi connectivity index (χ1v) is 16.1. The summed E-state index contributed by atoms with van der Waals surface area (Å²) in [6, 6.07) is 9.82. The van der Waals surface area contributed by atoms with Gasteiger partial charge in [-0.05, 0) is 130 Å². The van der Waals surface area contributed by atoms with Gasteiger partial charge in [0.15, 0.2) is 17.6 Å². The summed E-state index contributed by atoms with van der Waals surface area (Å²) in [6.45, 7) is 3.31. The zero-order valence-electron chi connectivity index (χ0n) is 24.6. The zero-order valence-corrected chi connectivity index (χ0v) is 24.6. The van der Waals surface area contributed by atoms with Gasteiger partial charge in [0.2, 0.25) is 0 Å². The van der Waals surface area contributed by atoms with Crippen LogP contribution in [0, 0.1) is 17.3 Å². The molecule has 1 saturated heterocycles. The number of rotatable bonds is 1. The fraction of sp³-hybridized carbons (Fsp3) is 0.600. The van der Waals surface area contributed by atoms with Gasteiger partial charge in [-0.2, -0.15) is 10.2 Å². The van der Waals surface area contributed by atoms with Crippen molar-refractivity contribution < 1.29 is 20.1 Å². The number of hydrogen-bond donors (Lipinski definition) is 3. The van der Waals surface area contributed by atoms with Crippen molar-refractivity contribution in [3.05, 3.63) is 52.6 Å². The largest absolute Gasteiger partial charge is 0.508 e. The van der Waals surface area contributed by atoms with E-state index >= 15 is 0 Å². The summed E-state index contributed by atoms with van der Waals surface area (Å²) in [5.41, 5.74) is 5.70. The smallest absolute Gasteiger partial charge is 0.166 e. The van der Waals surface area contributed by atoms with Crippen molar-refractivity contribution in [3.8, 4) is 17.2 Å². The maximum atomic E-state index is 12.5. The molecule has 0 amide bonds. The van der Waals surface area contributed by atoms with E-state index in [2.05, 4.69) is 24.9 Å². The Morgan fingerprint density at radius 3 is 2.71 bits per heavy atom. The standard InChI is InChI=1S/C35H41N3O4/c1-33-13-11-23-22-7-5-21(39)17-19(22)3-6-24(23)25(33)8-10-28(33)37-36-26-12-14-35(41)29-18-20-4-9-27(40)31-30(20)34(35,32(26)42-31)15-16-38(29)2/h4-5,7,9,17,23-25,29,32,39-41H,3,6,8,10-16,18H2,1-2H3/b36-26+,37-28+/t23-,24-,25+,29-,32+,33+,34+,35-/m1/s1. The molecule has 7 nitrogen and oxygen atoms in total. The van der Waals surface area contributed by atoms with Gasteiger partial charge in [-0.1, -0.05) is 19.1 Å². The Morgan fingerprint density at radius 2 is 1.83 bits per heavy atom. The fourth-order valence-electron chi connectivity index (χ4n) is 11.3. The highest BCUT2D eigenvalue weighted by molar-refractivity contribution is 5.97. The van der Waals surface area contributed by atoms with Gasteiger partial charge < -0.3 is 25.0 Å². The van der Waals surface area contributed by atoms with Crippen molar-refractivity contribution in [1.29, 1.82) is 0 Å². The molecule has 7 aliphatic rings. The van der Waals surface area contributed by atoms with Crippen molar-refractivity contribution in [1.82, 2.24) is 4.90 Å². The number of ether oxygens (including phenoxy) is 1. The maximum Gasteiger partial charge on any atom is 0.166 e. The molecule has 2 heterocycles. The lowest BCUT2D eigenvalue weighted by Crippen LogP contribution is -2.76. The van der Waals surface area contributed by atoms with E-state index in [4.69, 9.17) is 14.9 Å². The minimum absolute atomic E-state index is 0.0301. The van der Waals surface area contributed by atoms with Crippen molar-refractivity contribution in [3.63, 3.8) is 0 Å². The number of likely N-dealkylation sites (N-methyl/N-ethyl adjacent to an activating group) is 1. The molecule has 1 spiro atoms. The van der Waals surface area contributed by atoms with Crippen molar-refractivity contribution in [2.24, 2.45) is 27.5 Å². The number of aromatic hydroxyl groups is 2. The van der Waals surface area contributed by atoms with Crippen LogP contribution in [0.15, 0.2) is 40.5 Å². The molecule has 8 atom stereocenters. The second-order valence-electron chi connectivity index (χ2n) is 14.7. The molecular formula is C35H41N3O4. The molecule has 7 heteroatoms. The molecule has 3 N–H and O–H groups in total. The Kier molecular flexibility index (Phi) is 5.11. The SMILES string of the molecule is CN1CC[C@]23c4c5ccc(O)c4O[C@H]2/C(=N/N=C2\CC[C@H]4[C@@H]6CCc7cc(O)ccc7[C@H]6CC[C@]24C)CC[C@@]3(O)[C@H]1C5. The number of aryl methyl sites for hydroxylation is 1. The molecule has 5 aliphatic carbocycles. The topological polar surface area (TPSA) is 97.9 Å². The molecule has 0 unspecified atom stereocenters. The van der Waals surface area contributed by atoms with Crippen LogP contribution in [0.25, 0.3) is 0 Å². The predicted molar refractivity (Wildman–Crippen MR) is 161 cm³/mol. The number of hydrogen-bond acceptors (Lipinski definition) is 7. The minimum atomic E-state index is -0.917. The number of nitrogens with zero attached hydrogens (tertiary/aromatic N) is 3. The van der Waals surface area contributed by atoms with Crippen LogP contribution < -0.4 is 4.74 Å². The van der Waals surface area contributed by atoms with E-state index in [9.17, 15) is 15.3 Å². The highest BCUT2D eigenvalue weighted by Crippen LogP contribution is 2.65. The number of phenolic OH excluding ortho intramolecular Hbond substituents is 2. The summed E-state index contributed by atoms with van der Waals surface area (Å²) in [6.07, 6.45) is 9.09. The Balaban J connectivity index is 1.07. The lowest BCUT2D eigenvalue weighted by atomic mass is 9.49. The molecule has 4 fully saturated rings. The van der Waals surface area contributed by atoms with Gasteiger partial charge in [0, 0.05) is 22.7 Å². The zero-order chi connectivity index (χ0) is 28.6. The highest BCUT2D eigenvalue weighted by Gasteiger charge is 2.72. The van der Waals surface area contributed by atoms with Gasteiger partial charge in [-0.3, -0.25) is 0 Å². The molecule has 42 heavy (non-hydrogen) atoms. The number of aliphatic hydroxyl groups is 1. The summed E-state index contributed by atoms with van der Waals surface area (Å²) in [5.74, 6) is 2.93. The summed E-state index contributed by atoms with van der Waals surface area (Å²) in [5, 5.41) is 43.5. The van der Waals surface area contributed by atoms with Crippen LogP contribution in [0.1, 0.15) is 86.5 Å². The van der Waals surface area contributed by atoms with Crippen molar-refractivity contribution >= 4 is 11.4 Å². The predicted octanol–water partition coefficient (Wildman–Crippen LogP) is 5.24. The summed E-state index contributed by atoms with van der Waals surface area (Å²) < 4.78 is 6.64. The Labute approximate surface area is 247 Å². The molecule has 2 bridgehead atoms. The van der Waals surface area contributed by atoms with E-state index in [1.807, 2.05) is 18.2 Å². The number of benzene rings is 2. The van der Waals surface area contributed by atoms with E-state index in [0.29, 0.717) is 42.1 Å². The normalized spacial score (nSPS) is 43.0. The first kappa shape index (κ1) is 25.6. The van der Waals surface area contributed by atoms with Crippen LogP contribution in [0.3, 0.4) is 0 Å². The molecular weight excluding hydrogens is 526 g/mol. The van der Waals surface area contributed by atoms with E-state index in [0.717, 1.165) is 62.8 Å². The second-order valence-corrected chi connectivity index (χ2v) is 14.7. The van der Waals surface area contributed by atoms with Gasteiger partial charge in [0.05, 0.1) is 16.7 Å². The van der Waals surface area contributed by atoms with Gasteiger partial charge >= 0.3 is 0 Å². The monoisotopic (exact) mass is 567 g/mol. The van der Waals surface area contributed by atoms with Crippen LogP contribution in [-0.2, 0) is 18.3 Å². The lowest BCUT2D eigenvalue weighted by molar-refractivity contribution is -0.160. The molecule has 9 rings (SSSR count). The molecule has 0 aromatic heterocycles. The number of likely N-dealkylation sites (tertiary alicyclic amines) is 1. The molecule has 2 aliphatic heterocycles. The quantitative estimate of drug-likeness (QED) is 0.410. The van der Waals surface area contributed by atoms with E-state index in [-0.39, 0.29) is 17.2 Å². The number of fused-ring (bicyclic) bond motifs is 5. The number of piperidine rings is 1. The summed E-state index contributed by atoms with van der Waals surface area (Å²) >= 11 is 0. The fourth-order valence-corrected chi connectivity index (χ4v) is 11.3. The average Bonchev–Trinajstić information content (AvgIpc) is 3.51. The molecule has 3 saturated carbocycles. The first-order valence-electron chi connectivity index (χ1n) is 16.1. The highest BCUT2D eigenvalue weighted by atomic mass is 16.5. The Bertz CT molecular complexity index is 1580. The van der Waals surface area contributed by atoms with Crippen molar-refractivity contribution in [2.45, 2.75) is 100 Å². The third-order valence-corrected chi connectivity index (χ3v) is 13.3. The first-order chi connectivity index (χ1) is 20.2. The maximum absolute atomic E-state index is 12.5. The van der Waals surface area contributed by atoms with Gasteiger partial charge in [-0.15, -0.1) is 0 Å². The van der Waals surface area contributed by atoms with Gasteiger partial charge in [0.25, 0.3) is 0 Å². The minimum Gasteiger partial charge on any atom is -0.508 e. The Hall–Kier alpha value is -2.90. The lowest BCUT2D eigenvalue weighted by Gasteiger charge is -2.62. The van der Waals surface area contributed by atoms with Crippen LogP contribution in [-0.4, -0.2) is 63.0 Å². The van der Waals surface area contributed by atoms with Crippen LogP contribution >= 0.6 is 0 Å². The van der Waals surface area contributed by atoms with Gasteiger partial charge in [0.1, 0.15) is 5.75 Å². The van der Waals surface area contributed by atoms with E-state index < -0.39 is 17.1 Å². The molecule has 2 aromatic carbocycles. The van der Waals surface area contributed by atoms with E-state index in [1.54, 1.807) is 6.07 Å². The molecule has 220 valence electrons. The van der Waals surface area contributed by atoms with Crippen LogP contribution in [0.4, 0.5) is 0 Å². The Morgan fingerprint density at radius 1 is 0.952 bits per heavy atom. The van der Waals surface area contributed by atoms with E-state index in [1.165, 1.54) is 28.8 Å². The van der Waals surface area contributed by atoms with Crippen LogP contribution in [0.5, 0.6) is 17.2 Å². The number of phenols is 2. The third-order valence-electron chi connectivity index (χ3n) is 13.3. The van der Waals surface area contributed by atoms with Crippen LogP contribution in [0.2, 0.25) is 0 Å². The summed E-state index contributed by atoms with van der Waals surface area (Å²) in [4.78, 5) is 2.32. The van der Waals surface area contributed by atoms with Crippen molar-refractivity contribution in [2.75, 3.05) is 13.6 Å². The average molecular weight is 568 g/mol. The summed E-state index contributed by atoms with van der Waals surface area (Å²) in [7, 11) is 2.13. The van der Waals surface area contributed by atoms with Gasteiger partial charge in [-0.25, -0.2) is 0 Å². The second kappa shape index (κ2) is 8.38. The third kappa shape index (κ3) is 2.99.